The number of hydrogen-bond donors (Lipinski definition) is 2. The van der Waals surface area contributed by atoms with E-state index in [4.69, 9.17) is 5.73 Å². The molecule has 0 atom stereocenters. The summed E-state index contributed by atoms with van der Waals surface area (Å²) >= 11 is 0. The van der Waals surface area contributed by atoms with E-state index in [1.807, 2.05) is 0 Å². The molecular formula is C4H7N3. The molecule has 0 aromatic heterocycles. The second kappa shape index (κ2) is 1.64. The fourth-order valence-corrected chi connectivity index (χ4v) is 0.395. The normalized spacial score (nSPS) is 18.0. The number of nitrogens with one attached hydrogen (secondary N) is 1. The Balaban J connectivity index is 2.57. The van der Waals surface area contributed by atoms with E-state index in [9.17, 15) is 0 Å². The van der Waals surface area contributed by atoms with Crippen molar-refractivity contribution in [2.45, 2.75) is 0 Å². The maximum atomic E-state index is 5.27. The highest BCUT2D eigenvalue weighted by Crippen LogP contribution is 1.78. The summed E-state index contributed by atoms with van der Waals surface area (Å²) < 4.78 is 0. The van der Waals surface area contributed by atoms with Crippen LogP contribution in [0.1, 0.15) is 0 Å². The number of hydrogen-bond acceptors (Lipinski definition) is 3. The van der Waals surface area contributed by atoms with Gasteiger partial charge in [-0.25, -0.2) is 4.99 Å². The summed E-state index contributed by atoms with van der Waals surface area (Å²) in [5.74, 6) is 0.641. The molecule has 3 heteroatoms. The first-order valence-electron chi connectivity index (χ1n) is 2.10. The summed E-state index contributed by atoms with van der Waals surface area (Å²) in [6.45, 7) is 0.677. The Morgan fingerprint density at radius 2 is 2.71 bits per heavy atom. The maximum Gasteiger partial charge on any atom is 0.118 e. The minimum absolute atomic E-state index is 0.641. The summed E-state index contributed by atoms with van der Waals surface area (Å²) in [5.41, 5.74) is 5.27. The van der Waals surface area contributed by atoms with Crippen molar-refractivity contribution in [3.05, 3.63) is 12.4 Å². The first-order valence-corrected chi connectivity index (χ1v) is 2.10. The molecule has 0 saturated carbocycles. The first-order chi connectivity index (χ1) is 3.39. The average Bonchev–Trinajstić information content (AvgIpc) is 1.69. The molecule has 3 nitrogen and oxygen atoms in total. The van der Waals surface area contributed by atoms with Gasteiger partial charge in [-0.2, -0.15) is 0 Å². The quantitative estimate of drug-likeness (QED) is 0.425. The molecule has 0 spiro atoms. The largest absolute Gasteiger partial charge is 0.386 e. The van der Waals surface area contributed by atoms with Crippen LogP contribution >= 0.6 is 0 Å². The van der Waals surface area contributed by atoms with Gasteiger partial charge in [-0.15, -0.1) is 0 Å². The molecule has 1 aliphatic heterocycles. The van der Waals surface area contributed by atoms with E-state index in [0.29, 0.717) is 12.4 Å². The predicted octanol–water partition coefficient (Wildman–Crippen LogP) is -0.582. The molecule has 0 saturated heterocycles. The summed E-state index contributed by atoms with van der Waals surface area (Å²) in [4.78, 5) is 3.78. The first kappa shape index (κ1) is 4.18. The predicted molar refractivity (Wildman–Crippen MR) is 28.8 cm³/mol. The van der Waals surface area contributed by atoms with Crippen LogP contribution in [-0.2, 0) is 0 Å². The molecule has 1 rings (SSSR count). The van der Waals surface area contributed by atoms with Gasteiger partial charge >= 0.3 is 0 Å². The Kier molecular flexibility index (Phi) is 0.978. The summed E-state index contributed by atoms with van der Waals surface area (Å²) in [6.07, 6.45) is 3.40. The van der Waals surface area contributed by atoms with E-state index in [1.54, 1.807) is 12.4 Å². The number of rotatable bonds is 0. The fourth-order valence-electron chi connectivity index (χ4n) is 0.395. The Morgan fingerprint density at radius 3 is 3.00 bits per heavy atom. The van der Waals surface area contributed by atoms with Crippen LogP contribution in [0.25, 0.3) is 0 Å². The lowest BCUT2D eigenvalue weighted by Gasteiger charge is -2.01. The highest BCUT2D eigenvalue weighted by molar-refractivity contribution is 5.83. The van der Waals surface area contributed by atoms with Gasteiger partial charge in [-0.1, -0.05) is 0 Å². The van der Waals surface area contributed by atoms with E-state index in [1.165, 1.54) is 0 Å². The Bertz CT molecular complexity index is 114. The third-order valence-electron chi connectivity index (χ3n) is 0.716. The van der Waals surface area contributed by atoms with E-state index >= 15 is 0 Å². The van der Waals surface area contributed by atoms with Gasteiger partial charge in [0.25, 0.3) is 0 Å². The second-order valence-corrected chi connectivity index (χ2v) is 1.32. The Hall–Kier alpha value is -0.990. The number of nitrogens with two attached hydrogens (primary N) is 1. The molecule has 3 N–H and O–H groups in total. The minimum atomic E-state index is 0.641. The van der Waals surface area contributed by atoms with Crippen molar-refractivity contribution in [1.82, 2.24) is 5.32 Å². The third-order valence-corrected chi connectivity index (χ3v) is 0.716. The molecular weight excluding hydrogens is 90.1 g/mol. The van der Waals surface area contributed by atoms with E-state index in [-0.39, 0.29) is 0 Å². The van der Waals surface area contributed by atoms with Gasteiger partial charge in [0, 0.05) is 12.4 Å². The van der Waals surface area contributed by atoms with E-state index < -0.39 is 0 Å². The second-order valence-electron chi connectivity index (χ2n) is 1.32. The lowest BCUT2D eigenvalue weighted by Crippen LogP contribution is -2.27. The molecule has 0 bridgehead atoms. The monoisotopic (exact) mass is 97.1 g/mol. The smallest absolute Gasteiger partial charge is 0.118 e. The topological polar surface area (TPSA) is 50.4 Å². The zero-order valence-corrected chi connectivity index (χ0v) is 3.89. The molecule has 1 heterocycles. The molecule has 0 fully saturated rings. The van der Waals surface area contributed by atoms with Crippen LogP contribution in [0.5, 0.6) is 0 Å². The lowest BCUT2D eigenvalue weighted by molar-refractivity contribution is 0.979. The average molecular weight is 97.1 g/mol. The number of aliphatic imine (C=N–C) groups is 1. The van der Waals surface area contributed by atoms with Crippen molar-refractivity contribution < 1.29 is 0 Å². The molecule has 1 aliphatic rings. The standard InChI is InChI=1S/C4H7N3/c5-4-3-6-1-2-7-4/h1-2,6H,3H2,(H2,5,7). The molecule has 38 valence electrons. The molecule has 0 radical (unpaired) electrons. The third kappa shape index (κ3) is 0.924. The zero-order valence-electron chi connectivity index (χ0n) is 3.89. The zero-order chi connectivity index (χ0) is 5.11. The summed E-state index contributed by atoms with van der Waals surface area (Å²) in [6, 6.07) is 0. The van der Waals surface area contributed by atoms with Gasteiger partial charge in [0.2, 0.25) is 0 Å². The highest BCUT2D eigenvalue weighted by Gasteiger charge is 1.88. The Labute approximate surface area is 41.9 Å². The van der Waals surface area contributed by atoms with Gasteiger partial charge < -0.3 is 11.1 Å². The summed E-state index contributed by atoms with van der Waals surface area (Å²) in [5, 5.41) is 2.90. The van der Waals surface area contributed by atoms with Crippen LogP contribution in [-0.4, -0.2) is 12.4 Å². The van der Waals surface area contributed by atoms with E-state index in [0.717, 1.165) is 0 Å². The maximum absolute atomic E-state index is 5.27. The number of amidine groups is 1. The van der Waals surface area contributed by atoms with Crippen LogP contribution in [0, 0.1) is 0 Å². The lowest BCUT2D eigenvalue weighted by atomic mass is 10.5. The molecule has 0 amide bonds. The molecule has 7 heavy (non-hydrogen) atoms. The van der Waals surface area contributed by atoms with Gasteiger partial charge in [0.15, 0.2) is 0 Å². The molecule has 0 aromatic carbocycles. The summed E-state index contributed by atoms with van der Waals surface area (Å²) in [7, 11) is 0. The van der Waals surface area contributed by atoms with E-state index in [2.05, 4.69) is 10.3 Å². The van der Waals surface area contributed by atoms with Crippen molar-refractivity contribution >= 4 is 5.84 Å². The van der Waals surface area contributed by atoms with Gasteiger partial charge in [0.05, 0.1) is 6.54 Å². The highest BCUT2D eigenvalue weighted by atomic mass is 15.0. The van der Waals surface area contributed by atoms with Gasteiger partial charge in [-0.3, -0.25) is 0 Å². The van der Waals surface area contributed by atoms with Crippen molar-refractivity contribution in [3.63, 3.8) is 0 Å². The SMILES string of the molecule is NC1=NC=CNC1. The Morgan fingerprint density at radius 1 is 1.86 bits per heavy atom. The van der Waals surface area contributed by atoms with Gasteiger partial charge in [-0.05, 0) is 0 Å². The van der Waals surface area contributed by atoms with Crippen molar-refractivity contribution in [2.24, 2.45) is 10.7 Å². The number of nitrogens with zero attached hydrogens (tertiary/aromatic N) is 1. The van der Waals surface area contributed by atoms with Crippen LogP contribution < -0.4 is 11.1 Å². The van der Waals surface area contributed by atoms with Gasteiger partial charge in [0.1, 0.15) is 5.84 Å². The van der Waals surface area contributed by atoms with Crippen LogP contribution in [0.3, 0.4) is 0 Å². The van der Waals surface area contributed by atoms with Crippen LogP contribution in [0.2, 0.25) is 0 Å². The molecule has 0 aromatic rings. The molecule has 0 unspecified atom stereocenters. The van der Waals surface area contributed by atoms with Crippen LogP contribution in [0.15, 0.2) is 17.4 Å². The van der Waals surface area contributed by atoms with Crippen molar-refractivity contribution in [1.29, 1.82) is 0 Å². The fraction of sp³-hybridized carbons (Fsp3) is 0.250. The molecule has 0 aliphatic carbocycles. The van der Waals surface area contributed by atoms with Crippen LogP contribution in [0.4, 0.5) is 0 Å². The minimum Gasteiger partial charge on any atom is -0.386 e. The van der Waals surface area contributed by atoms with Crippen molar-refractivity contribution in [3.8, 4) is 0 Å². The van der Waals surface area contributed by atoms with Crippen molar-refractivity contribution in [2.75, 3.05) is 6.54 Å².